The Bertz CT molecular complexity index is 476. The maximum Gasteiger partial charge on any atom is 0.346 e. The zero-order chi connectivity index (χ0) is 14.1. The Morgan fingerprint density at radius 2 is 1.95 bits per heavy atom. The number of carbonyl (C=O) groups excluding carboxylic acids is 1. The molecular formula is C17H22O3. The zero-order valence-electron chi connectivity index (χ0n) is 12.1. The summed E-state index contributed by atoms with van der Waals surface area (Å²) in [5.41, 5.74) is -0.181. The molecule has 1 unspecified atom stereocenters. The lowest BCUT2D eigenvalue weighted by atomic mass is 9.85. The van der Waals surface area contributed by atoms with Gasteiger partial charge in [0.05, 0.1) is 6.61 Å². The van der Waals surface area contributed by atoms with Crippen molar-refractivity contribution in [3.63, 3.8) is 0 Å². The topological polar surface area (TPSA) is 38.8 Å². The predicted molar refractivity (Wildman–Crippen MR) is 76.3 cm³/mol. The van der Waals surface area contributed by atoms with Crippen molar-refractivity contribution >= 4 is 5.97 Å². The van der Waals surface area contributed by atoms with Crippen LogP contribution in [0.25, 0.3) is 0 Å². The monoisotopic (exact) mass is 274 g/mol. The molecule has 0 aromatic heterocycles. The number of epoxide rings is 1. The summed E-state index contributed by atoms with van der Waals surface area (Å²) >= 11 is 0. The van der Waals surface area contributed by atoms with Gasteiger partial charge in [-0.2, -0.15) is 0 Å². The summed E-state index contributed by atoms with van der Waals surface area (Å²) in [5, 5.41) is 0. The summed E-state index contributed by atoms with van der Waals surface area (Å²) in [7, 11) is 0. The van der Waals surface area contributed by atoms with E-state index in [0.29, 0.717) is 6.61 Å². The molecule has 1 saturated heterocycles. The van der Waals surface area contributed by atoms with E-state index < -0.39 is 5.60 Å². The summed E-state index contributed by atoms with van der Waals surface area (Å²) < 4.78 is 11.5. The third-order valence-corrected chi connectivity index (χ3v) is 4.56. The highest BCUT2D eigenvalue weighted by atomic mass is 16.7. The summed E-state index contributed by atoms with van der Waals surface area (Å²) in [5.74, 6) is -0.195. The fraction of sp³-hybridized carbons (Fsp3) is 0.588. The molecule has 1 heterocycles. The van der Waals surface area contributed by atoms with Crippen molar-refractivity contribution in [2.75, 3.05) is 6.61 Å². The maximum atomic E-state index is 12.6. The fourth-order valence-electron chi connectivity index (χ4n) is 3.42. The first kappa shape index (κ1) is 13.6. The van der Waals surface area contributed by atoms with Gasteiger partial charge in [-0.1, -0.05) is 56.5 Å². The number of hydrogen-bond donors (Lipinski definition) is 0. The molecule has 1 spiro atoms. The summed E-state index contributed by atoms with van der Waals surface area (Å²) in [6.07, 6.45) is 6.13. The van der Waals surface area contributed by atoms with Crippen molar-refractivity contribution in [3.05, 3.63) is 35.9 Å². The minimum atomic E-state index is -0.835. The quantitative estimate of drug-likeness (QED) is 0.468. The van der Waals surface area contributed by atoms with Gasteiger partial charge in [-0.3, -0.25) is 0 Å². The second-order valence-corrected chi connectivity index (χ2v) is 5.84. The number of unbranched alkanes of at least 4 members (excludes halogenated alkanes) is 1. The van der Waals surface area contributed by atoms with Crippen LogP contribution in [0.15, 0.2) is 30.3 Å². The van der Waals surface area contributed by atoms with Gasteiger partial charge in [0.15, 0.2) is 0 Å². The van der Waals surface area contributed by atoms with Gasteiger partial charge in [0.25, 0.3) is 0 Å². The second kappa shape index (κ2) is 5.21. The third kappa shape index (κ3) is 1.96. The molecule has 3 rings (SSSR count). The molecule has 3 nitrogen and oxygen atoms in total. The summed E-state index contributed by atoms with van der Waals surface area (Å²) in [6.45, 7) is 2.58. The maximum absolute atomic E-state index is 12.6. The first-order valence-corrected chi connectivity index (χ1v) is 7.68. The standard InChI is InChI=1S/C17H22O3/c1-2-3-13-19-15(18)17(14-9-5-4-6-10-14)16(20-17)11-7-8-12-16/h4-6,9-10H,2-3,7-8,11-13H2,1H3. The zero-order valence-corrected chi connectivity index (χ0v) is 12.1. The molecule has 1 aromatic carbocycles. The van der Waals surface area contributed by atoms with E-state index in [1.54, 1.807) is 0 Å². The fourth-order valence-corrected chi connectivity index (χ4v) is 3.42. The molecule has 1 aliphatic heterocycles. The van der Waals surface area contributed by atoms with Crippen molar-refractivity contribution in [3.8, 4) is 0 Å². The van der Waals surface area contributed by atoms with Crippen molar-refractivity contribution in [1.82, 2.24) is 0 Å². The van der Waals surface area contributed by atoms with Crippen LogP contribution in [0.5, 0.6) is 0 Å². The Balaban J connectivity index is 1.85. The lowest BCUT2D eigenvalue weighted by Crippen LogP contribution is -2.32. The van der Waals surface area contributed by atoms with Gasteiger partial charge in [0, 0.05) is 0 Å². The molecule has 0 N–H and O–H groups in total. The van der Waals surface area contributed by atoms with Crippen LogP contribution < -0.4 is 0 Å². The summed E-state index contributed by atoms with van der Waals surface area (Å²) in [4.78, 5) is 12.6. The lowest BCUT2D eigenvalue weighted by molar-refractivity contribution is -0.150. The van der Waals surface area contributed by atoms with Gasteiger partial charge in [-0.15, -0.1) is 0 Å². The van der Waals surface area contributed by atoms with E-state index in [1.165, 1.54) is 0 Å². The smallest absolute Gasteiger partial charge is 0.346 e. The molecule has 2 aliphatic rings. The van der Waals surface area contributed by atoms with Gasteiger partial charge >= 0.3 is 5.97 Å². The molecule has 1 atom stereocenters. The number of ether oxygens (including phenoxy) is 2. The van der Waals surface area contributed by atoms with Crippen LogP contribution in [0.4, 0.5) is 0 Å². The molecule has 1 aliphatic carbocycles. The SMILES string of the molecule is CCCCOC(=O)C1(c2ccccc2)OC12CCCC2. The minimum absolute atomic E-state index is 0.195. The highest BCUT2D eigenvalue weighted by Gasteiger charge is 2.76. The van der Waals surface area contributed by atoms with Gasteiger partial charge in [-0.25, -0.2) is 4.79 Å². The predicted octanol–water partition coefficient (Wildman–Crippen LogP) is 3.57. The lowest BCUT2D eigenvalue weighted by Gasteiger charge is -2.16. The van der Waals surface area contributed by atoms with Gasteiger partial charge in [0.1, 0.15) is 5.60 Å². The first-order valence-electron chi connectivity index (χ1n) is 7.68. The molecule has 3 heteroatoms. The van der Waals surface area contributed by atoms with Gasteiger partial charge < -0.3 is 9.47 Å². The average Bonchev–Trinajstić information content (AvgIpc) is 2.89. The highest BCUT2D eigenvalue weighted by molar-refractivity contribution is 5.86. The molecule has 108 valence electrons. The van der Waals surface area contributed by atoms with E-state index in [0.717, 1.165) is 44.1 Å². The van der Waals surface area contributed by atoms with E-state index in [9.17, 15) is 4.79 Å². The molecule has 1 aromatic rings. The van der Waals surface area contributed by atoms with Gasteiger partial charge in [-0.05, 0) is 24.8 Å². The van der Waals surface area contributed by atoms with Crippen molar-refractivity contribution < 1.29 is 14.3 Å². The van der Waals surface area contributed by atoms with E-state index in [1.807, 2.05) is 30.3 Å². The Labute approximate surface area is 120 Å². The Kier molecular flexibility index (Phi) is 3.55. The van der Waals surface area contributed by atoms with E-state index in [-0.39, 0.29) is 11.6 Å². The number of rotatable bonds is 5. The van der Waals surface area contributed by atoms with Crippen LogP contribution in [0, 0.1) is 0 Å². The Morgan fingerprint density at radius 3 is 2.60 bits per heavy atom. The van der Waals surface area contributed by atoms with E-state index in [2.05, 4.69) is 6.92 Å². The Morgan fingerprint density at radius 1 is 1.25 bits per heavy atom. The van der Waals surface area contributed by atoms with Crippen molar-refractivity contribution in [2.45, 2.75) is 56.7 Å². The number of esters is 1. The minimum Gasteiger partial charge on any atom is -0.463 e. The largest absolute Gasteiger partial charge is 0.463 e. The summed E-state index contributed by atoms with van der Waals surface area (Å²) in [6, 6.07) is 9.84. The third-order valence-electron chi connectivity index (χ3n) is 4.56. The van der Waals surface area contributed by atoms with E-state index in [4.69, 9.17) is 9.47 Å². The molecule has 0 amide bonds. The molecule has 20 heavy (non-hydrogen) atoms. The van der Waals surface area contributed by atoms with Crippen molar-refractivity contribution in [2.24, 2.45) is 0 Å². The molecular weight excluding hydrogens is 252 g/mol. The van der Waals surface area contributed by atoms with Crippen LogP contribution >= 0.6 is 0 Å². The molecule has 0 radical (unpaired) electrons. The van der Waals surface area contributed by atoms with Crippen LogP contribution in [-0.2, 0) is 19.9 Å². The molecule has 0 bridgehead atoms. The van der Waals surface area contributed by atoms with Crippen LogP contribution in [0.3, 0.4) is 0 Å². The second-order valence-electron chi connectivity index (χ2n) is 5.84. The van der Waals surface area contributed by atoms with E-state index >= 15 is 0 Å². The number of carbonyl (C=O) groups is 1. The Hall–Kier alpha value is -1.35. The van der Waals surface area contributed by atoms with Gasteiger partial charge in [0.2, 0.25) is 5.60 Å². The highest BCUT2D eigenvalue weighted by Crippen LogP contribution is 2.64. The first-order chi connectivity index (χ1) is 9.75. The molecule has 1 saturated carbocycles. The number of hydrogen-bond acceptors (Lipinski definition) is 3. The normalized spacial score (nSPS) is 26.6. The number of benzene rings is 1. The molecule has 2 fully saturated rings. The average molecular weight is 274 g/mol. The van der Waals surface area contributed by atoms with Crippen LogP contribution in [-0.4, -0.2) is 18.2 Å². The van der Waals surface area contributed by atoms with Crippen LogP contribution in [0.2, 0.25) is 0 Å². The van der Waals surface area contributed by atoms with Crippen molar-refractivity contribution in [1.29, 1.82) is 0 Å². The van der Waals surface area contributed by atoms with Crippen LogP contribution in [0.1, 0.15) is 51.0 Å².